The SMILES string of the molecule is CC1NCCCC1NC(=O)C(Cc1ccccc1)NC(=O)c1ccco1.Cl. The van der Waals surface area contributed by atoms with Gasteiger partial charge in [-0.15, -0.1) is 12.4 Å². The van der Waals surface area contributed by atoms with Crippen molar-refractivity contribution in [1.82, 2.24) is 16.0 Å². The molecule has 7 heteroatoms. The van der Waals surface area contributed by atoms with E-state index in [4.69, 9.17) is 4.42 Å². The number of amides is 2. The fourth-order valence-electron chi connectivity index (χ4n) is 3.22. The Hall–Kier alpha value is -2.31. The maximum absolute atomic E-state index is 12.9. The molecule has 0 bridgehead atoms. The monoisotopic (exact) mass is 391 g/mol. The minimum atomic E-state index is -0.663. The summed E-state index contributed by atoms with van der Waals surface area (Å²) in [6.45, 7) is 3.04. The highest BCUT2D eigenvalue weighted by Gasteiger charge is 2.28. The molecule has 0 saturated carbocycles. The van der Waals surface area contributed by atoms with Crippen molar-refractivity contribution in [2.24, 2.45) is 0 Å². The number of benzene rings is 1. The molecule has 2 amide bonds. The van der Waals surface area contributed by atoms with E-state index in [0.29, 0.717) is 6.42 Å². The summed E-state index contributed by atoms with van der Waals surface area (Å²) in [5, 5.41) is 9.27. The summed E-state index contributed by atoms with van der Waals surface area (Å²) in [5.41, 5.74) is 0.988. The minimum absolute atomic E-state index is 0. The van der Waals surface area contributed by atoms with Gasteiger partial charge >= 0.3 is 0 Å². The summed E-state index contributed by atoms with van der Waals surface area (Å²) in [5.74, 6) is -0.362. The fourth-order valence-corrected chi connectivity index (χ4v) is 3.22. The van der Waals surface area contributed by atoms with Crippen LogP contribution in [0.1, 0.15) is 35.9 Å². The zero-order chi connectivity index (χ0) is 18.4. The van der Waals surface area contributed by atoms with Crippen LogP contribution in [0, 0.1) is 0 Å². The van der Waals surface area contributed by atoms with E-state index in [1.165, 1.54) is 6.26 Å². The molecule has 1 aromatic heterocycles. The largest absolute Gasteiger partial charge is 0.459 e. The maximum Gasteiger partial charge on any atom is 0.287 e. The molecule has 3 N–H and O–H groups in total. The summed E-state index contributed by atoms with van der Waals surface area (Å²) >= 11 is 0. The molecule has 1 aliphatic heterocycles. The topological polar surface area (TPSA) is 83.4 Å². The molecule has 1 saturated heterocycles. The van der Waals surface area contributed by atoms with Gasteiger partial charge in [-0.3, -0.25) is 9.59 Å². The van der Waals surface area contributed by atoms with Crippen molar-refractivity contribution >= 4 is 24.2 Å². The molecular formula is C20H26ClN3O3. The first-order valence-corrected chi connectivity index (χ1v) is 9.05. The van der Waals surface area contributed by atoms with Crippen LogP contribution in [0.2, 0.25) is 0 Å². The van der Waals surface area contributed by atoms with Crippen molar-refractivity contribution in [3.8, 4) is 0 Å². The lowest BCUT2D eigenvalue weighted by atomic mass is 9.98. The van der Waals surface area contributed by atoms with E-state index in [1.54, 1.807) is 12.1 Å². The number of carbonyl (C=O) groups excluding carboxylic acids is 2. The Bertz CT molecular complexity index is 721. The molecule has 1 aliphatic rings. The Labute approximate surface area is 165 Å². The number of nitrogens with one attached hydrogen (secondary N) is 3. The Morgan fingerprint density at radius 3 is 2.67 bits per heavy atom. The fraction of sp³-hybridized carbons (Fsp3) is 0.400. The van der Waals surface area contributed by atoms with E-state index in [0.717, 1.165) is 24.9 Å². The van der Waals surface area contributed by atoms with Crippen molar-refractivity contribution < 1.29 is 14.0 Å². The van der Waals surface area contributed by atoms with Crippen LogP contribution < -0.4 is 16.0 Å². The van der Waals surface area contributed by atoms with Crippen LogP contribution in [0.3, 0.4) is 0 Å². The van der Waals surface area contributed by atoms with Crippen molar-refractivity contribution in [2.75, 3.05) is 6.54 Å². The standard InChI is InChI=1S/C20H25N3O3.ClH/c1-14-16(9-5-11-21-14)22-19(24)17(13-15-7-3-2-4-8-15)23-20(25)18-10-6-12-26-18;/h2-4,6-8,10,12,14,16-17,21H,5,9,11,13H2,1H3,(H,22,24)(H,23,25);1H. The van der Waals surface area contributed by atoms with Gasteiger partial charge in [0.1, 0.15) is 6.04 Å². The first kappa shape index (κ1) is 21.0. The quantitative estimate of drug-likeness (QED) is 0.705. The lowest BCUT2D eigenvalue weighted by molar-refractivity contribution is -0.124. The molecule has 2 heterocycles. The molecule has 1 fully saturated rings. The number of hydrogen-bond acceptors (Lipinski definition) is 4. The lowest BCUT2D eigenvalue weighted by Crippen LogP contribution is -2.57. The van der Waals surface area contributed by atoms with Gasteiger partial charge in [-0.2, -0.15) is 0 Å². The number of hydrogen-bond donors (Lipinski definition) is 3. The van der Waals surface area contributed by atoms with Gasteiger partial charge in [0.25, 0.3) is 5.91 Å². The van der Waals surface area contributed by atoms with Crippen LogP contribution in [-0.2, 0) is 11.2 Å². The molecule has 3 unspecified atom stereocenters. The van der Waals surface area contributed by atoms with Crippen LogP contribution in [0.25, 0.3) is 0 Å². The molecule has 0 spiro atoms. The van der Waals surface area contributed by atoms with Crippen molar-refractivity contribution in [3.05, 3.63) is 60.1 Å². The van der Waals surface area contributed by atoms with Crippen LogP contribution in [0.15, 0.2) is 53.1 Å². The third kappa shape index (κ3) is 5.84. The predicted molar refractivity (Wildman–Crippen MR) is 106 cm³/mol. The van der Waals surface area contributed by atoms with Crippen LogP contribution >= 0.6 is 12.4 Å². The Kier molecular flexibility index (Phi) is 7.88. The highest BCUT2D eigenvalue weighted by molar-refractivity contribution is 5.95. The molecule has 3 rings (SSSR count). The smallest absolute Gasteiger partial charge is 0.287 e. The highest BCUT2D eigenvalue weighted by atomic mass is 35.5. The molecule has 2 aromatic rings. The van der Waals surface area contributed by atoms with E-state index >= 15 is 0 Å². The molecule has 27 heavy (non-hydrogen) atoms. The third-order valence-corrected chi connectivity index (χ3v) is 4.74. The summed E-state index contributed by atoms with van der Waals surface area (Å²) in [4.78, 5) is 25.3. The summed E-state index contributed by atoms with van der Waals surface area (Å²) in [6.07, 6.45) is 3.83. The molecule has 146 valence electrons. The molecule has 3 atom stereocenters. The second-order valence-corrected chi connectivity index (χ2v) is 6.69. The molecule has 0 radical (unpaired) electrons. The number of furan rings is 1. The summed E-state index contributed by atoms with van der Waals surface area (Å²) < 4.78 is 5.14. The van der Waals surface area contributed by atoms with Gasteiger partial charge < -0.3 is 20.4 Å². The summed E-state index contributed by atoms with van der Waals surface area (Å²) in [7, 11) is 0. The lowest BCUT2D eigenvalue weighted by Gasteiger charge is -2.32. The van der Waals surface area contributed by atoms with Crippen molar-refractivity contribution in [1.29, 1.82) is 0 Å². The molecule has 0 aliphatic carbocycles. The molecule has 1 aromatic carbocycles. The molecule has 6 nitrogen and oxygen atoms in total. The minimum Gasteiger partial charge on any atom is -0.459 e. The van der Waals surface area contributed by atoms with Gasteiger partial charge in [-0.25, -0.2) is 0 Å². The molecular weight excluding hydrogens is 366 g/mol. The number of piperidine rings is 1. The van der Waals surface area contributed by atoms with Gasteiger partial charge in [-0.05, 0) is 44.0 Å². The van der Waals surface area contributed by atoms with Gasteiger partial charge in [-0.1, -0.05) is 30.3 Å². The Morgan fingerprint density at radius 2 is 2.00 bits per heavy atom. The second kappa shape index (κ2) is 10.1. The van der Waals surface area contributed by atoms with E-state index < -0.39 is 6.04 Å². The van der Waals surface area contributed by atoms with E-state index in [1.807, 2.05) is 30.3 Å². The average Bonchev–Trinajstić information content (AvgIpc) is 3.19. The third-order valence-electron chi connectivity index (χ3n) is 4.74. The zero-order valence-electron chi connectivity index (χ0n) is 15.3. The summed E-state index contributed by atoms with van der Waals surface area (Å²) in [6, 6.07) is 12.5. The first-order valence-electron chi connectivity index (χ1n) is 9.05. The number of rotatable bonds is 6. The number of carbonyl (C=O) groups is 2. The zero-order valence-corrected chi connectivity index (χ0v) is 16.1. The normalized spacial score (nSPS) is 20.2. The highest BCUT2D eigenvalue weighted by Crippen LogP contribution is 2.10. The van der Waals surface area contributed by atoms with Crippen molar-refractivity contribution in [2.45, 2.75) is 44.3 Å². The van der Waals surface area contributed by atoms with E-state index in [-0.39, 0.29) is 42.1 Å². The number of halogens is 1. The van der Waals surface area contributed by atoms with Gasteiger partial charge in [0.2, 0.25) is 5.91 Å². The van der Waals surface area contributed by atoms with Gasteiger partial charge in [0, 0.05) is 18.5 Å². The van der Waals surface area contributed by atoms with Gasteiger partial charge in [0.05, 0.1) is 6.26 Å². The predicted octanol–water partition coefficient (Wildman–Crippen LogP) is 2.30. The van der Waals surface area contributed by atoms with Crippen LogP contribution in [-0.4, -0.2) is 36.5 Å². The second-order valence-electron chi connectivity index (χ2n) is 6.69. The van der Waals surface area contributed by atoms with E-state index in [2.05, 4.69) is 22.9 Å². The van der Waals surface area contributed by atoms with E-state index in [9.17, 15) is 9.59 Å². The Morgan fingerprint density at radius 1 is 1.22 bits per heavy atom. The average molecular weight is 392 g/mol. The van der Waals surface area contributed by atoms with Crippen LogP contribution in [0.4, 0.5) is 0 Å². The maximum atomic E-state index is 12.9. The van der Waals surface area contributed by atoms with Crippen molar-refractivity contribution in [3.63, 3.8) is 0 Å². The first-order chi connectivity index (χ1) is 12.6. The Balaban J connectivity index is 0.00000261. The van der Waals surface area contributed by atoms with Gasteiger partial charge in [0.15, 0.2) is 5.76 Å². The van der Waals surface area contributed by atoms with Crippen LogP contribution in [0.5, 0.6) is 0 Å².